The van der Waals surface area contributed by atoms with E-state index in [9.17, 15) is 9.18 Å². The normalized spacial score (nSPS) is 11.3. The van der Waals surface area contributed by atoms with Gasteiger partial charge in [-0.3, -0.25) is 15.6 Å². The number of amides is 1. The van der Waals surface area contributed by atoms with Gasteiger partial charge in [-0.1, -0.05) is 12.1 Å². The van der Waals surface area contributed by atoms with Crippen LogP contribution < -0.4 is 20.9 Å². The van der Waals surface area contributed by atoms with E-state index in [1.165, 1.54) is 19.1 Å². The van der Waals surface area contributed by atoms with Crippen molar-refractivity contribution in [1.29, 1.82) is 0 Å². The van der Waals surface area contributed by atoms with E-state index in [4.69, 9.17) is 17.0 Å². The number of carbonyl (C=O) groups excluding carboxylic acids is 1. The molecule has 0 saturated heterocycles. The molecule has 3 N–H and O–H groups in total. The van der Waals surface area contributed by atoms with Gasteiger partial charge in [-0.25, -0.2) is 4.39 Å². The smallest absolute Gasteiger partial charge is 0.279 e. The fourth-order valence-electron chi connectivity index (χ4n) is 1.07. The van der Waals surface area contributed by atoms with Crippen molar-refractivity contribution >= 4 is 23.2 Å². The molecule has 1 amide bonds. The van der Waals surface area contributed by atoms with Gasteiger partial charge < -0.3 is 10.1 Å². The average molecular weight is 271 g/mol. The van der Waals surface area contributed by atoms with Crippen molar-refractivity contribution < 1.29 is 13.9 Å². The summed E-state index contributed by atoms with van der Waals surface area (Å²) in [4.78, 5) is 11.6. The highest BCUT2D eigenvalue weighted by Crippen LogP contribution is 2.16. The van der Waals surface area contributed by atoms with Crippen molar-refractivity contribution in [1.82, 2.24) is 16.2 Å². The average Bonchev–Trinajstić information content (AvgIpc) is 2.38. The molecule has 1 aromatic rings. The molecule has 0 radical (unpaired) electrons. The third-order valence-electron chi connectivity index (χ3n) is 2.04. The number of hydrazine groups is 1. The number of carbonyl (C=O) groups is 1. The predicted molar refractivity (Wildman–Crippen MR) is 69.4 cm³/mol. The zero-order valence-electron chi connectivity index (χ0n) is 9.99. The van der Waals surface area contributed by atoms with E-state index in [0.717, 1.165) is 0 Å². The molecule has 0 fully saturated rings. The minimum atomic E-state index is -0.853. The van der Waals surface area contributed by atoms with E-state index in [1.807, 2.05) is 0 Å². The van der Waals surface area contributed by atoms with Crippen molar-refractivity contribution in [2.24, 2.45) is 0 Å². The number of thiocarbonyl (C=S) groups is 1. The topological polar surface area (TPSA) is 62.4 Å². The molecule has 1 atom stereocenters. The highest BCUT2D eigenvalue weighted by atomic mass is 32.1. The third-order valence-corrected chi connectivity index (χ3v) is 2.34. The lowest BCUT2D eigenvalue weighted by Gasteiger charge is -2.16. The number of ether oxygens (including phenoxy) is 1. The Bertz CT molecular complexity index is 442. The van der Waals surface area contributed by atoms with Crippen LogP contribution in [0.15, 0.2) is 24.3 Å². The van der Waals surface area contributed by atoms with E-state index in [0.29, 0.717) is 0 Å². The lowest BCUT2D eigenvalue weighted by Crippen LogP contribution is -2.49. The van der Waals surface area contributed by atoms with E-state index in [-0.39, 0.29) is 10.9 Å². The summed E-state index contributed by atoms with van der Waals surface area (Å²) in [6, 6.07) is 5.87. The van der Waals surface area contributed by atoms with Gasteiger partial charge >= 0.3 is 0 Å². The number of hydrogen-bond acceptors (Lipinski definition) is 3. The molecule has 1 rings (SSSR count). The molecule has 0 bridgehead atoms. The monoisotopic (exact) mass is 271 g/mol. The number of rotatable bonds is 3. The molecule has 5 nitrogen and oxygen atoms in total. The van der Waals surface area contributed by atoms with Crippen LogP contribution in [0.4, 0.5) is 4.39 Å². The lowest BCUT2D eigenvalue weighted by atomic mass is 10.3. The van der Waals surface area contributed by atoms with Gasteiger partial charge in [0.1, 0.15) is 0 Å². The molecule has 0 unspecified atom stereocenters. The van der Waals surface area contributed by atoms with Crippen LogP contribution in [0.25, 0.3) is 0 Å². The highest BCUT2D eigenvalue weighted by Gasteiger charge is 2.16. The maximum absolute atomic E-state index is 13.3. The summed E-state index contributed by atoms with van der Waals surface area (Å²) < 4.78 is 18.5. The van der Waals surface area contributed by atoms with Crippen molar-refractivity contribution in [3.63, 3.8) is 0 Å². The van der Waals surface area contributed by atoms with Crippen molar-refractivity contribution in [2.75, 3.05) is 7.05 Å². The molecular weight excluding hydrogens is 257 g/mol. The third kappa shape index (κ3) is 4.17. The minimum absolute atomic E-state index is 0.0244. The summed E-state index contributed by atoms with van der Waals surface area (Å²) in [5.41, 5.74) is 4.79. The molecule has 98 valence electrons. The first kappa shape index (κ1) is 14.2. The fourth-order valence-corrected chi connectivity index (χ4v) is 1.12. The van der Waals surface area contributed by atoms with Crippen LogP contribution in [-0.4, -0.2) is 24.2 Å². The van der Waals surface area contributed by atoms with Crippen molar-refractivity contribution in [3.8, 4) is 5.75 Å². The van der Waals surface area contributed by atoms with Crippen molar-refractivity contribution in [2.45, 2.75) is 13.0 Å². The lowest BCUT2D eigenvalue weighted by molar-refractivity contribution is -0.127. The SMILES string of the molecule is CNC(=S)NNC(=O)[C@@H](C)Oc1ccccc1F. The number of benzene rings is 1. The van der Waals surface area contributed by atoms with Crippen LogP contribution in [0.2, 0.25) is 0 Å². The molecular formula is C11H14FN3O2S. The minimum Gasteiger partial charge on any atom is -0.478 e. The Balaban J connectivity index is 2.50. The summed E-state index contributed by atoms with van der Waals surface area (Å²) >= 11 is 4.77. The zero-order chi connectivity index (χ0) is 13.5. The van der Waals surface area contributed by atoms with Crippen LogP contribution in [0.1, 0.15) is 6.92 Å². The Hall–Kier alpha value is -1.89. The fraction of sp³-hybridized carbons (Fsp3) is 0.273. The van der Waals surface area contributed by atoms with E-state index < -0.39 is 17.8 Å². The molecule has 0 spiro atoms. The van der Waals surface area contributed by atoms with Gasteiger partial charge in [0.2, 0.25) is 0 Å². The first-order valence-electron chi connectivity index (χ1n) is 5.23. The van der Waals surface area contributed by atoms with Crippen LogP contribution in [0.3, 0.4) is 0 Å². The number of nitrogens with one attached hydrogen (secondary N) is 3. The number of para-hydroxylation sites is 1. The summed E-state index contributed by atoms with van der Waals surface area (Å²) in [6.45, 7) is 1.51. The Morgan fingerprint density at radius 2 is 2.06 bits per heavy atom. The largest absolute Gasteiger partial charge is 0.478 e. The molecule has 0 aliphatic heterocycles. The maximum atomic E-state index is 13.3. The second kappa shape index (κ2) is 6.75. The van der Waals surface area contributed by atoms with Crippen LogP contribution in [0, 0.1) is 5.82 Å². The van der Waals surface area contributed by atoms with E-state index in [1.54, 1.807) is 19.2 Å². The molecule has 0 aliphatic carbocycles. The van der Waals surface area contributed by atoms with Gasteiger partial charge in [0, 0.05) is 7.05 Å². The molecule has 0 aromatic heterocycles. The molecule has 7 heteroatoms. The Labute approximate surface area is 110 Å². The predicted octanol–water partition coefficient (Wildman–Crippen LogP) is 0.718. The zero-order valence-corrected chi connectivity index (χ0v) is 10.8. The van der Waals surface area contributed by atoms with Gasteiger partial charge in [-0.15, -0.1) is 0 Å². The first-order chi connectivity index (χ1) is 8.54. The van der Waals surface area contributed by atoms with Crippen LogP contribution in [-0.2, 0) is 4.79 Å². The van der Waals surface area contributed by atoms with Crippen LogP contribution in [0.5, 0.6) is 5.75 Å². The maximum Gasteiger partial charge on any atom is 0.279 e. The quantitative estimate of drug-likeness (QED) is 0.558. The standard InChI is InChI=1S/C11H14FN3O2S/c1-7(10(16)14-15-11(18)13-2)17-9-6-4-3-5-8(9)12/h3-7H,1-2H3,(H,14,16)(H2,13,15,18)/t7-/m1/s1. The second-order valence-electron chi connectivity index (χ2n) is 3.38. The van der Waals surface area contributed by atoms with Gasteiger partial charge in [0.25, 0.3) is 5.91 Å². The van der Waals surface area contributed by atoms with E-state index in [2.05, 4.69) is 16.2 Å². The molecule has 0 heterocycles. The van der Waals surface area contributed by atoms with Gasteiger partial charge in [-0.2, -0.15) is 0 Å². The first-order valence-corrected chi connectivity index (χ1v) is 5.64. The van der Waals surface area contributed by atoms with Gasteiger partial charge in [-0.05, 0) is 31.3 Å². The van der Waals surface area contributed by atoms with Gasteiger partial charge in [0.15, 0.2) is 22.8 Å². The second-order valence-corrected chi connectivity index (χ2v) is 3.79. The Morgan fingerprint density at radius 3 is 2.67 bits per heavy atom. The number of hydrogen-bond donors (Lipinski definition) is 3. The highest BCUT2D eigenvalue weighted by molar-refractivity contribution is 7.80. The van der Waals surface area contributed by atoms with Crippen LogP contribution >= 0.6 is 12.2 Å². The molecule has 1 aromatic carbocycles. The van der Waals surface area contributed by atoms with E-state index >= 15 is 0 Å². The number of halogens is 1. The molecule has 0 saturated carbocycles. The molecule has 0 aliphatic rings. The van der Waals surface area contributed by atoms with Gasteiger partial charge in [0.05, 0.1) is 0 Å². The summed E-state index contributed by atoms with van der Waals surface area (Å²) in [6.07, 6.45) is -0.853. The Morgan fingerprint density at radius 1 is 1.39 bits per heavy atom. The summed E-state index contributed by atoms with van der Waals surface area (Å²) in [5, 5.41) is 2.89. The Kier molecular flexibility index (Phi) is 5.31. The van der Waals surface area contributed by atoms with Crippen molar-refractivity contribution in [3.05, 3.63) is 30.1 Å². The molecule has 18 heavy (non-hydrogen) atoms. The summed E-state index contributed by atoms with van der Waals surface area (Å²) in [7, 11) is 1.61. The summed E-state index contributed by atoms with van der Waals surface area (Å²) in [5.74, 6) is -0.956.